The van der Waals surface area contributed by atoms with Gasteiger partial charge < -0.3 is 26.0 Å². The van der Waals surface area contributed by atoms with Gasteiger partial charge in [0.05, 0.1) is 17.6 Å². The van der Waals surface area contributed by atoms with Gasteiger partial charge in [0, 0.05) is 12.7 Å². The van der Waals surface area contributed by atoms with E-state index in [9.17, 15) is 14.4 Å². The molecule has 0 fully saturated rings. The maximum absolute atomic E-state index is 13.0. The minimum atomic E-state index is -0.793. The van der Waals surface area contributed by atoms with Gasteiger partial charge in [0.25, 0.3) is 11.7 Å². The molecule has 2 amide bonds. The normalized spacial score (nSPS) is 16.9. The van der Waals surface area contributed by atoms with E-state index in [4.69, 9.17) is 5.84 Å². The molecule has 0 spiro atoms. The smallest absolute Gasteiger partial charge is 0.323 e. The van der Waals surface area contributed by atoms with Crippen molar-refractivity contribution >= 4 is 34.4 Å². The zero-order valence-corrected chi connectivity index (χ0v) is 17.3. The summed E-state index contributed by atoms with van der Waals surface area (Å²) in [6, 6.07) is 12.2. The summed E-state index contributed by atoms with van der Waals surface area (Å²) in [6.45, 7) is 0.267. The Bertz CT molecular complexity index is 1280. The minimum Gasteiger partial charge on any atom is -0.337 e. The van der Waals surface area contributed by atoms with Crippen molar-refractivity contribution in [3.05, 3.63) is 64.1 Å². The molecule has 164 valence electrons. The number of nitrogens with zero attached hydrogens (tertiary/aromatic N) is 4. The number of nitrogens with two attached hydrogens (primary N) is 1. The third kappa shape index (κ3) is 4.26. The number of hydrogen-bond donors (Lipinski definition) is 4. The van der Waals surface area contributed by atoms with Gasteiger partial charge in [-0.3, -0.25) is 9.59 Å². The Labute approximate surface area is 182 Å². The van der Waals surface area contributed by atoms with Crippen LogP contribution in [0.5, 0.6) is 0 Å². The number of aromatic nitrogens is 2. The van der Waals surface area contributed by atoms with Crippen LogP contribution >= 0.6 is 0 Å². The van der Waals surface area contributed by atoms with Crippen molar-refractivity contribution in [2.45, 2.75) is 25.4 Å². The van der Waals surface area contributed by atoms with Crippen molar-refractivity contribution in [3.63, 3.8) is 0 Å². The number of nitrogens with one attached hydrogen (secondary N) is 3. The number of amides is 2. The Morgan fingerprint density at radius 3 is 2.62 bits per heavy atom. The lowest BCUT2D eigenvalue weighted by Crippen LogP contribution is -2.48. The van der Waals surface area contributed by atoms with Crippen LogP contribution in [0.4, 0.5) is 5.69 Å². The van der Waals surface area contributed by atoms with Gasteiger partial charge in [-0.1, -0.05) is 30.3 Å². The summed E-state index contributed by atoms with van der Waals surface area (Å²) < 4.78 is 0. The van der Waals surface area contributed by atoms with Crippen molar-refractivity contribution < 1.29 is 9.59 Å². The zero-order chi connectivity index (χ0) is 22.7. The Balaban J connectivity index is 1.47. The second-order valence-corrected chi connectivity index (χ2v) is 7.41. The number of rotatable bonds is 3. The van der Waals surface area contributed by atoms with Crippen LogP contribution in [0, 0.1) is 0 Å². The number of anilines is 1. The summed E-state index contributed by atoms with van der Waals surface area (Å²) in [4.78, 5) is 44.1. The van der Waals surface area contributed by atoms with E-state index in [0.717, 1.165) is 11.1 Å². The molecule has 11 heteroatoms. The summed E-state index contributed by atoms with van der Waals surface area (Å²) in [7, 11) is 1.62. The lowest BCUT2D eigenvalue weighted by molar-refractivity contribution is -0.124. The summed E-state index contributed by atoms with van der Waals surface area (Å²) >= 11 is 0. The molecule has 1 atom stereocenters. The molecule has 0 saturated carbocycles. The number of benzene rings is 2. The molecule has 0 radical (unpaired) electrons. The number of hydrazone groups is 1. The molecule has 11 nitrogen and oxygen atoms in total. The molecule has 4 rings (SSSR count). The van der Waals surface area contributed by atoms with Crippen molar-refractivity contribution in [2.24, 2.45) is 21.2 Å². The van der Waals surface area contributed by atoms with Crippen LogP contribution in [-0.4, -0.2) is 40.7 Å². The topological polar surface area (TPSA) is 161 Å². The van der Waals surface area contributed by atoms with E-state index in [2.05, 4.69) is 30.6 Å². The molecule has 1 aliphatic heterocycles. The van der Waals surface area contributed by atoms with Crippen LogP contribution in [0.15, 0.2) is 62.6 Å². The number of imidazole rings is 1. The number of aromatic amines is 2. The number of likely N-dealkylation sites (N-methyl/N-ethyl adjacent to an activating group) is 1. The van der Waals surface area contributed by atoms with Crippen LogP contribution in [0.3, 0.4) is 0 Å². The lowest BCUT2D eigenvalue weighted by Gasteiger charge is -2.22. The molecular weight excluding hydrogens is 412 g/mol. The van der Waals surface area contributed by atoms with Crippen molar-refractivity contribution in [2.75, 3.05) is 11.9 Å². The molecular formula is C21H22N8O3. The summed E-state index contributed by atoms with van der Waals surface area (Å²) in [6.07, 6.45) is 0.880. The second kappa shape index (κ2) is 8.84. The van der Waals surface area contributed by atoms with E-state index in [-0.39, 0.29) is 24.0 Å². The number of carbonyl (C=O) groups excluding carboxylic acids is 2. The Morgan fingerprint density at radius 2 is 1.91 bits per heavy atom. The summed E-state index contributed by atoms with van der Waals surface area (Å²) in [5, 5.41) is 13.9. The first-order valence-electron chi connectivity index (χ1n) is 9.99. The molecule has 0 bridgehead atoms. The molecule has 2 aromatic carbocycles. The predicted octanol–water partition coefficient (Wildman–Crippen LogP) is 1.17. The number of hydrogen-bond acceptors (Lipinski definition) is 6. The fourth-order valence-corrected chi connectivity index (χ4v) is 3.66. The molecule has 2 heterocycles. The van der Waals surface area contributed by atoms with Gasteiger partial charge in [0.15, 0.2) is 0 Å². The summed E-state index contributed by atoms with van der Waals surface area (Å²) in [5.41, 5.74) is 3.43. The highest BCUT2D eigenvalue weighted by Gasteiger charge is 2.31. The first kappa shape index (κ1) is 21.0. The third-order valence-electron chi connectivity index (χ3n) is 5.30. The number of azo groups is 1. The maximum atomic E-state index is 13.0. The van der Waals surface area contributed by atoms with E-state index in [1.165, 1.54) is 4.90 Å². The van der Waals surface area contributed by atoms with Gasteiger partial charge in [-0.25, -0.2) is 4.79 Å². The van der Waals surface area contributed by atoms with Crippen LogP contribution in [0.25, 0.3) is 11.0 Å². The minimum absolute atomic E-state index is 0.267. The molecule has 1 aromatic heterocycles. The zero-order valence-electron chi connectivity index (χ0n) is 17.3. The standard InChI is InChI=1S/C21H22N8O3/c1-29-17-10-16-15(25-21(32)26-16)9-13(17)7-8-14(20(29)31)24-19(30)18(27-22)28-23-11-12-5-3-2-4-6-12/h2-6,9-10,14H,7-8,11,22H2,1H3,(H,24,30)(H2,25,26,32)/t14-/m0/s1. The fourth-order valence-electron chi connectivity index (χ4n) is 3.66. The highest BCUT2D eigenvalue weighted by molar-refractivity contribution is 6.38. The van der Waals surface area contributed by atoms with Crippen molar-refractivity contribution in [1.82, 2.24) is 15.3 Å². The van der Waals surface area contributed by atoms with Crippen LogP contribution in [0.1, 0.15) is 17.5 Å². The van der Waals surface area contributed by atoms with Gasteiger partial charge in [-0.15, -0.1) is 5.11 Å². The molecule has 1 aliphatic rings. The van der Waals surface area contributed by atoms with Gasteiger partial charge in [0.2, 0.25) is 5.91 Å². The van der Waals surface area contributed by atoms with E-state index in [1.54, 1.807) is 13.1 Å². The Morgan fingerprint density at radius 1 is 1.19 bits per heavy atom. The SMILES string of the molecule is CN1C(=O)[C@@H](NC(=O)C(N=NCc2ccccc2)=NN)CCc2cc3[nH]c(=O)[nH]c3cc21. The number of aryl methyl sites for hydroxylation is 1. The van der Waals surface area contributed by atoms with Crippen LogP contribution < -0.4 is 21.7 Å². The quantitative estimate of drug-likeness (QED) is 0.160. The van der Waals surface area contributed by atoms with Crippen molar-refractivity contribution in [1.29, 1.82) is 0 Å². The molecule has 5 N–H and O–H groups in total. The molecule has 0 unspecified atom stereocenters. The third-order valence-corrected chi connectivity index (χ3v) is 5.30. The van der Waals surface area contributed by atoms with Crippen LogP contribution in [0.2, 0.25) is 0 Å². The first-order valence-corrected chi connectivity index (χ1v) is 9.99. The second-order valence-electron chi connectivity index (χ2n) is 7.41. The Kier molecular flexibility index (Phi) is 5.79. The first-order chi connectivity index (χ1) is 15.5. The monoisotopic (exact) mass is 434 g/mol. The van der Waals surface area contributed by atoms with Gasteiger partial charge >= 0.3 is 5.69 Å². The van der Waals surface area contributed by atoms with E-state index >= 15 is 0 Å². The number of fused-ring (bicyclic) bond motifs is 2. The van der Waals surface area contributed by atoms with E-state index in [1.807, 2.05) is 36.4 Å². The van der Waals surface area contributed by atoms with Crippen molar-refractivity contribution in [3.8, 4) is 0 Å². The maximum Gasteiger partial charge on any atom is 0.323 e. The Hall–Kier alpha value is -4.28. The molecule has 0 aliphatic carbocycles. The molecule has 32 heavy (non-hydrogen) atoms. The van der Waals surface area contributed by atoms with Crippen LogP contribution in [-0.2, 0) is 22.6 Å². The highest BCUT2D eigenvalue weighted by atomic mass is 16.2. The van der Waals surface area contributed by atoms with Gasteiger partial charge in [-0.2, -0.15) is 10.2 Å². The predicted molar refractivity (Wildman–Crippen MR) is 119 cm³/mol. The fraction of sp³-hybridized carbons (Fsp3) is 0.238. The van der Waals surface area contributed by atoms with Gasteiger partial charge in [0.1, 0.15) is 6.04 Å². The van der Waals surface area contributed by atoms with Gasteiger partial charge in [-0.05, 0) is 36.1 Å². The van der Waals surface area contributed by atoms with E-state index < -0.39 is 11.9 Å². The van der Waals surface area contributed by atoms with E-state index in [0.29, 0.717) is 29.6 Å². The average molecular weight is 434 g/mol. The summed E-state index contributed by atoms with van der Waals surface area (Å²) in [5.74, 6) is 4.03. The average Bonchev–Trinajstić information content (AvgIpc) is 3.12. The largest absolute Gasteiger partial charge is 0.337 e. The molecule has 0 saturated heterocycles. The molecule has 3 aromatic rings. The lowest BCUT2D eigenvalue weighted by atomic mass is 10.0. The number of amidine groups is 1. The number of carbonyl (C=O) groups is 2. The number of H-pyrrole nitrogens is 2. The highest BCUT2D eigenvalue weighted by Crippen LogP contribution is 2.29.